The van der Waals surface area contributed by atoms with Crippen LogP contribution in [0.25, 0.3) is 6.08 Å². The summed E-state index contributed by atoms with van der Waals surface area (Å²) in [7, 11) is 0. The minimum absolute atomic E-state index is 0.700. The third kappa shape index (κ3) is 8.15. The van der Waals surface area contributed by atoms with Crippen molar-refractivity contribution in [1.29, 1.82) is 0 Å². The Morgan fingerprint density at radius 2 is 1.52 bits per heavy atom. The summed E-state index contributed by atoms with van der Waals surface area (Å²) in [5.41, 5.74) is 5.58. The van der Waals surface area contributed by atoms with Crippen molar-refractivity contribution in [2.24, 2.45) is 5.92 Å². The van der Waals surface area contributed by atoms with Crippen LogP contribution < -0.4 is 0 Å². The van der Waals surface area contributed by atoms with E-state index < -0.39 is 0 Å². The van der Waals surface area contributed by atoms with Crippen molar-refractivity contribution in [2.45, 2.75) is 77.7 Å². The highest BCUT2D eigenvalue weighted by atomic mass is 16.5. The Kier molecular flexibility index (Phi) is 10.1. The molecule has 1 aliphatic carbocycles. The Morgan fingerprint density at radius 3 is 2.19 bits per heavy atom. The van der Waals surface area contributed by atoms with Crippen LogP contribution in [0.1, 0.15) is 87.0 Å². The van der Waals surface area contributed by atoms with Crippen LogP contribution in [-0.2, 0) is 17.8 Å². The van der Waals surface area contributed by atoms with Gasteiger partial charge in [0.2, 0.25) is 0 Å². The van der Waals surface area contributed by atoms with Gasteiger partial charge in [-0.05, 0) is 86.5 Å². The standard InChI is InChI=1S/C30H40O/c1-3-5-23-31-24-28-17-21-30(22-18-28)29-19-15-27(16-20-29)10-7-6-9-26-13-11-25(8-4-2)12-14-26/h3-5,8,11-14,17-18,21-22,27,29H,6-7,9-10,15-16,19-20,23-24H2,1-2H3/b5-3+,8-4-. The van der Waals surface area contributed by atoms with Crippen molar-refractivity contribution in [1.82, 2.24) is 0 Å². The van der Waals surface area contributed by atoms with Crippen LogP contribution in [0.2, 0.25) is 0 Å². The van der Waals surface area contributed by atoms with Crippen LogP contribution >= 0.6 is 0 Å². The molecule has 0 atom stereocenters. The molecular weight excluding hydrogens is 376 g/mol. The number of allylic oxidation sites excluding steroid dienone is 2. The highest BCUT2D eigenvalue weighted by molar-refractivity contribution is 5.49. The average molecular weight is 417 g/mol. The second-order valence-corrected chi connectivity index (χ2v) is 9.03. The molecule has 0 saturated heterocycles. The van der Waals surface area contributed by atoms with Gasteiger partial charge in [-0.3, -0.25) is 0 Å². The Morgan fingerprint density at radius 1 is 0.806 bits per heavy atom. The number of hydrogen-bond donors (Lipinski definition) is 0. The SMILES string of the molecule is C/C=C\c1ccc(CCCCC2CCC(c3ccc(COC/C=C/C)cc3)CC2)cc1. The minimum Gasteiger partial charge on any atom is -0.373 e. The summed E-state index contributed by atoms with van der Waals surface area (Å²) in [5.74, 6) is 1.69. The topological polar surface area (TPSA) is 9.23 Å². The van der Waals surface area contributed by atoms with E-state index in [1.807, 2.05) is 13.0 Å². The zero-order chi connectivity index (χ0) is 21.7. The van der Waals surface area contributed by atoms with Gasteiger partial charge in [-0.25, -0.2) is 0 Å². The molecule has 1 nitrogen and oxygen atoms in total. The van der Waals surface area contributed by atoms with E-state index in [1.165, 1.54) is 73.6 Å². The molecule has 2 aromatic rings. The van der Waals surface area contributed by atoms with Gasteiger partial charge in [0.15, 0.2) is 0 Å². The third-order valence-electron chi connectivity index (χ3n) is 6.68. The molecule has 3 rings (SSSR count). The van der Waals surface area contributed by atoms with Gasteiger partial charge in [-0.15, -0.1) is 0 Å². The lowest BCUT2D eigenvalue weighted by Crippen LogP contribution is -2.13. The molecule has 0 aromatic heterocycles. The van der Waals surface area contributed by atoms with Crippen molar-refractivity contribution in [3.8, 4) is 0 Å². The van der Waals surface area contributed by atoms with Crippen molar-refractivity contribution < 1.29 is 4.74 Å². The number of aryl methyl sites for hydroxylation is 1. The van der Waals surface area contributed by atoms with E-state index in [1.54, 1.807) is 0 Å². The molecule has 166 valence electrons. The summed E-state index contributed by atoms with van der Waals surface area (Å²) in [6.07, 6.45) is 19.2. The van der Waals surface area contributed by atoms with Gasteiger partial charge in [-0.2, -0.15) is 0 Å². The Bertz CT molecular complexity index is 789. The maximum Gasteiger partial charge on any atom is 0.0721 e. The molecule has 1 fully saturated rings. The van der Waals surface area contributed by atoms with Crippen LogP contribution in [0.15, 0.2) is 66.8 Å². The normalized spacial score (nSPS) is 19.4. The molecule has 1 heteroatoms. The largest absolute Gasteiger partial charge is 0.373 e. The maximum absolute atomic E-state index is 5.66. The van der Waals surface area contributed by atoms with Crippen molar-refractivity contribution in [2.75, 3.05) is 6.61 Å². The predicted molar refractivity (Wildman–Crippen MR) is 134 cm³/mol. The molecule has 0 spiro atoms. The molecule has 2 aromatic carbocycles. The summed E-state index contributed by atoms with van der Waals surface area (Å²) < 4.78 is 5.66. The number of rotatable bonds is 11. The molecule has 0 N–H and O–H groups in total. The monoisotopic (exact) mass is 416 g/mol. The van der Waals surface area contributed by atoms with Crippen LogP contribution in [0.5, 0.6) is 0 Å². The second kappa shape index (κ2) is 13.3. The number of ether oxygens (including phenoxy) is 1. The third-order valence-corrected chi connectivity index (χ3v) is 6.68. The van der Waals surface area contributed by atoms with E-state index in [4.69, 9.17) is 4.74 Å². The van der Waals surface area contributed by atoms with Crippen LogP contribution in [0.3, 0.4) is 0 Å². The Labute approximate surface area is 190 Å². The predicted octanol–water partition coefficient (Wildman–Crippen LogP) is 8.50. The molecular formula is C30H40O. The Hall–Kier alpha value is -2.12. The first-order chi connectivity index (χ1) is 15.3. The first kappa shape index (κ1) is 23.5. The zero-order valence-corrected chi connectivity index (χ0v) is 19.6. The average Bonchev–Trinajstić information content (AvgIpc) is 2.82. The summed E-state index contributed by atoms with van der Waals surface area (Å²) in [4.78, 5) is 0. The molecule has 31 heavy (non-hydrogen) atoms. The van der Waals surface area contributed by atoms with Crippen LogP contribution in [0, 0.1) is 5.92 Å². The summed E-state index contributed by atoms with van der Waals surface area (Å²) in [6, 6.07) is 18.2. The van der Waals surface area contributed by atoms with E-state index in [-0.39, 0.29) is 0 Å². The molecule has 0 aliphatic heterocycles. The lowest BCUT2D eigenvalue weighted by Gasteiger charge is -2.29. The second-order valence-electron chi connectivity index (χ2n) is 9.03. The van der Waals surface area contributed by atoms with E-state index in [0.717, 1.165) is 11.8 Å². The van der Waals surface area contributed by atoms with Crippen molar-refractivity contribution in [3.05, 3.63) is 89.0 Å². The van der Waals surface area contributed by atoms with Crippen LogP contribution in [-0.4, -0.2) is 6.61 Å². The molecule has 0 bridgehead atoms. The molecule has 0 amide bonds. The van der Waals surface area contributed by atoms with Crippen LogP contribution in [0.4, 0.5) is 0 Å². The lowest BCUT2D eigenvalue weighted by molar-refractivity contribution is 0.148. The quantitative estimate of drug-likeness (QED) is 0.263. The number of hydrogen-bond acceptors (Lipinski definition) is 1. The van der Waals surface area contributed by atoms with Gasteiger partial charge in [0.1, 0.15) is 0 Å². The fourth-order valence-electron chi connectivity index (χ4n) is 4.76. The summed E-state index contributed by atoms with van der Waals surface area (Å²) in [6.45, 7) is 5.50. The van der Waals surface area contributed by atoms with Gasteiger partial charge >= 0.3 is 0 Å². The first-order valence-electron chi connectivity index (χ1n) is 12.3. The summed E-state index contributed by atoms with van der Waals surface area (Å²) in [5, 5.41) is 0. The van der Waals surface area contributed by atoms with E-state index in [0.29, 0.717) is 13.2 Å². The lowest BCUT2D eigenvalue weighted by atomic mass is 9.77. The summed E-state index contributed by atoms with van der Waals surface area (Å²) >= 11 is 0. The first-order valence-corrected chi connectivity index (χ1v) is 12.3. The van der Waals surface area contributed by atoms with E-state index in [2.05, 4.69) is 73.7 Å². The fraction of sp³-hybridized carbons (Fsp3) is 0.467. The molecule has 1 saturated carbocycles. The fourth-order valence-corrected chi connectivity index (χ4v) is 4.76. The van der Waals surface area contributed by atoms with E-state index in [9.17, 15) is 0 Å². The van der Waals surface area contributed by atoms with Gasteiger partial charge in [0, 0.05) is 0 Å². The zero-order valence-electron chi connectivity index (χ0n) is 19.6. The van der Waals surface area contributed by atoms with Gasteiger partial charge in [0.05, 0.1) is 13.2 Å². The number of unbranched alkanes of at least 4 members (excludes halogenated alkanes) is 1. The highest BCUT2D eigenvalue weighted by Crippen LogP contribution is 2.37. The molecule has 0 radical (unpaired) electrons. The van der Waals surface area contributed by atoms with Gasteiger partial charge in [-0.1, -0.05) is 85.7 Å². The molecule has 1 aliphatic rings. The minimum atomic E-state index is 0.700. The van der Waals surface area contributed by atoms with Crippen molar-refractivity contribution in [3.63, 3.8) is 0 Å². The highest BCUT2D eigenvalue weighted by Gasteiger charge is 2.22. The van der Waals surface area contributed by atoms with Gasteiger partial charge < -0.3 is 4.74 Å². The molecule has 0 unspecified atom stereocenters. The van der Waals surface area contributed by atoms with E-state index >= 15 is 0 Å². The Balaban J connectivity index is 1.32. The van der Waals surface area contributed by atoms with Gasteiger partial charge in [0.25, 0.3) is 0 Å². The maximum atomic E-state index is 5.66. The smallest absolute Gasteiger partial charge is 0.0721 e. The van der Waals surface area contributed by atoms with Crippen molar-refractivity contribution >= 4 is 6.08 Å². The molecule has 0 heterocycles. The number of benzene rings is 2.